The number of methoxy groups -OCH3 is 1. The van der Waals surface area contributed by atoms with E-state index in [9.17, 15) is 4.79 Å². The fourth-order valence-corrected chi connectivity index (χ4v) is 4.34. The predicted molar refractivity (Wildman–Crippen MR) is 112 cm³/mol. The number of thiazole rings is 1. The number of amides is 1. The molecule has 2 aromatic rings. The molecule has 0 spiro atoms. The third kappa shape index (κ3) is 5.04. The normalized spacial score (nSPS) is 18.3. The van der Waals surface area contributed by atoms with Crippen LogP contribution in [0.5, 0.6) is 5.75 Å². The van der Waals surface area contributed by atoms with Crippen molar-refractivity contribution in [2.45, 2.75) is 58.1 Å². The number of ether oxygens (including phenoxy) is 2. The van der Waals surface area contributed by atoms with E-state index in [-0.39, 0.29) is 17.4 Å². The van der Waals surface area contributed by atoms with Gasteiger partial charge in [-0.15, -0.1) is 11.3 Å². The molecule has 1 aromatic heterocycles. The number of hydrogen-bond acceptors (Lipinski definition) is 4. The van der Waals surface area contributed by atoms with Gasteiger partial charge in [0.1, 0.15) is 5.75 Å². The topological polar surface area (TPSA) is 52.8 Å². The van der Waals surface area contributed by atoms with Gasteiger partial charge in [0.15, 0.2) is 4.80 Å². The van der Waals surface area contributed by atoms with E-state index < -0.39 is 0 Å². The van der Waals surface area contributed by atoms with Gasteiger partial charge in [0.2, 0.25) is 0 Å². The van der Waals surface area contributed by atoms with Crippen LogP contribution in [0.3, 0.4) is 0 Å². The van der Waals surface area contributed by atoms with E-state index >= 15 is 0 Å². The van der Waals surface area contributed by atoms with Crippen molar-refractivity contribution in [2.75, 3.05) is 13.7 Å². The molecule has 0 radical (unpaired) electrons. The number of carbonyl (C=O) groups is 1. The molecule has 1 aliphatic heterocycles. The molecular weight excluding hydrogens is 396 g/mol. The van der Waals surface area contributed by atoms with Gasteiger partial charge in [-0.3, -0.25) is 4.79 Å². The third-order valence-corrected chi connectivity index (χ3v) is 6.40. The number of carbonyl (C=O) groups excluding carboxylic acids is 1. The fourth-order valence-electron chi connectivity index (χ4n) is 3.11. The van der Waals surface area contributed by atoms with Crippen LogP contribution in [0.2, 0.25) is 5.02 Å². The molecule has 1 saturated heterocycles. The summed E-state index contributed by atoms with van der Waals surface area (Å²) in [5.41, 5.74) is 0.339. The van der Waals surface area contributed by atoms with Gasteiger partial charge >= 0.3 is 0 Å². The van der Waals surface area contributed by atoms with Gasteiger partial charge in [0, 0.05) is 22.7 Å². The fraction of sp³-hybridized carbons (Fsp3) is 0.524. The number of nitrogens with zero attached hydrogens (tertiary/aromatic N) is 2. The van der Waals surface area contributed by atoms with Crippen LogP contribution in [-0.4, -0.2) is 30.3 Å². The molecule has 1 aliphatic rings. The first-order valence-electron chi connectivity index (χ1n) is 9.53. The zero-order chi connectivity index (χ0) is 20.3. The average molecular weight is 423 g/mol. The summed E-state index contributed by atoms with van der Waals surface area (Å²) in [6.45, 7) is 7.97. The minimum absolute atomic E-state index is 0.0234. The van der Waals surface area contributed by atoms with E-state index in [1.165, 1.54) is 18.4 Å². The van der Waals surface area contributed by atoms with Crippen LogP contribution in [0.15, 0.2) is 29.4 Å². The molecule has 0 bridgehead atoms. The molecule has 1 unspecified atom stereocenters. The molecule has 1 aromatic carbocycles. The third-order valence-electron chi connectivity index (χ3n) is 4.72. The standard InChI is InChI=1S/C21H27ClN2O3S/c1-21(2,3)18-13-24(12-15-7-5-6-10-27-15)20(28-18)23-19(25)16-11-14(22)8-9-17(16)26-4/h8-9,11,13,15H,5-7,10,12H2,1-4H3. The number of rotatable bonds is 4. The summed E-state index contributed by atoms with van der Waals surface area (Å²) >= 11 is 7.62. The van der Waals surface area contributed by atoms with Crippen molar-refractivity contribution in [3.05, 3.63) is 44.7 Å². The maximum Gasteiger partial charge on any atom is 0.283 e. The van der Waals surface area contributed by atoms with Gasteiger partial charge in [0.05, 0.1) is 25.3 Å². The lowest BCUT2D eigenvalue weighted by Gasteiger charge is -2.23. The first kappa shape index (κ1) is 21.1. The van der Waals surface area contributed by atoms with Crippen molar-refractivity contribution < 1.29 is 14.3 Å². The van der Waals surface area contributed by atoms with Crippen LogP contribution >= 0.6 is 22.9 Å². The largest absolute Gasteiger partial charge is 0.496 e. The van der Waals surface area contributed by atoms with Gasteiger partial charge in [-0.05, 0) is 42.9 Å². The first-order chi connectivity index (χ1) is 13.3. The van der Waals surface area contributed by atoms with E-state index in [0.717, 1.165) is 19.4 Å². The second-order valence-electron chi connectivity index (χ2n) is 8.03. The zero-order valence-corrected chi connectivity index (χ0v) is 18.4. The van der Waals surface area contributed by atoms with Crippen molar-refractivity contribution in [3.8, 4) is 5.75 Å². The van der Waals surface area contributed by atoms with Gasteiger partial charge < -0.3 is 14.0 Å². The summed E-state index contributed by atoms with van der Waals surface area (Å²) in [6.07, 6.45) is 5.58. The van der Waals surface area contributed by atoms with Crippen LogP contribution in [0.25, 0.3) is 0 Å². The minimum atomic E-state index is -0.361. The summed E-state index contributed by atoms with van der Waals surface area (Å²) in [7, 11) is 1.53. The first-order valence-corrected chi connectivity index (χ1v) is 10.7. The van der Waals surface area contributed by atoms with Crippen molar-refractivity contribution in [3.63, 3.8) is 0 Å². The Hall–Kier alpha value is -1.63. The van der Waals surface area contributed by atoms with Crippen molar-refractivity contribution in [2.24, 2.45) is 4.99 Å². The van der Waals surface area contributed by atoms with E-state index in [0.29, 0.717) is 27.7 Å². The number of benzene rings is 1. The highest BCUT2D eigenvalue weighted by molar-refractivity contribution is 7.09. The highest BCUT2D eigenvalue weighted by atomic mass is 35.5. The molecule has 0 N–H and O–H groups in total. The van der Waals surface area contributed by atoms with Crippen LogP contribution in [-0.2, 0) is 16.7 Å². The van der Waals surface area contributed by atoms with Gasteiger partial charge in [-0.2, -0.15) is 4.99 Å². The maximum atomic E-state index is 12.9. The molecule has 5 nitrogen and oxygen atoms in total. The lowest BCUT2D eigenvalue weighted by Crippen LogP contribution is -2.28. The summed E-state index contributed by atoms with van der Waals surface area (Å²) in [5, 5.41) is 0.476. The molecule has 1 atom stereocenters. The average Bonchev–Trinajstić information content (AvgIpc) is 3.05. The second-order valence-corrected chi connectivity index (χ2v) is 9.48. The zero-order valence-electron chi connectivity index (χ0n) is 16.8. The Labute approximate surface area is 175 Å². The van der Waals surface area contributed by atoms with E-state index in [2.05, 4.69) is 36.5 Å². The molecule has 1 fully saturated rings. The Morgan fingerprint density at radius 2 is 2.18 bits per heavy atom. The Kier molecular flexibility index (Phi) is 6.63. The molecule has 2 heterocycles. The molecule has 7 heteroatoms. The summed E-state index contributed by atoms with van der Waals surface area (Å²) in [5.74, 6) is 0.105. The number of hydrogen-bond donors (Lipinski definition) is 0. The monoisotopic (exact) mass is 422 g/mol. The second kappa shape index (κ2) is 8.80. The summed E-state index contributed by atoms with van der Waals surface area (Å²) in [6, 6.07) is 4.98. The molecule has 1 amide bonds. The van der Waals surface area contributed by atoms with Crippen LogP contribution in [0.4, 0.5) is 0 Å². The van der Waals surface area contributed by atoms with Gasteiger partial charge in [0.25, 0.3) is 5.91 Å². The predicted octanol–water partition coefficient (Wildman–Crippen LogP) is 4.82. The number of aromatic nitrogens is 1. The Morgan fingerprint density at radius 1 is 1.39 bits per heavy atom. The molecule has 0 saturated carbocycles. The van der Waals surface area contributed by atoms with Crippen LogP contribution < -0.4 is 9.54 Å². The van der Waals surface area contributed by atoms with E-state index in [1.54, 1.807) is 29.5 Å². The van der Waals surface area contributed by atoms with Crippen molar-refractivity contribution >= 4 is 28.8 Å². The molecule has 152 valence electrons. The van der Waals surface area contributed by atoms with Crippen LogP contribution in [0.1, 0.15) is 55.3 Å². The maximum absolute atomic E-state index is 12.9. The summed E-state index contributed by atoms with van der Waals surface area (Å²) in [4.78, 5) is 19.2. The molecular formula is C21H27ClN2O3S. The SMILES string of the molecule is COc1ccc(Cl)cc1C(=O)N=c1sc(C(C)(C)C)cn1CC1CCCCO1. The quantitative estimate of drug-likeness (QED) is 0.709. The van der Waals surface area contributed by atoms with Gasteiger partial charge in [-0.25, -0.2) is 0 Å². The lowest BCUT2D eigenvalue weighted by molar-refractivity contribution is 0.00551. The van der Waals surface area contributed by atoms with E-state index in [4.69, 9.17) is 21.1 Å². The minimum Gasteiger partial charge on any atom is -0.496 e. The Balaban J connectivity index is 2.00. The van der Waals surface area contributed by atoms with E-state index in [1.807, 2.05) is 0 Å². The Bertz CT molecular complexity index is 905. The van der Waals surface area contributed by atoms with Gasteiger partial charge in [-0.1, -0.05) is 32.4 Å². The highest BCUT2D eigenvalue weighted by Crippen LogP contribution is 2.26. The Morgan fingerprint density at radius 3 is 2.82 bits per heavy atom. The van der Waals surface area contributed by atoms with Crippen molar-refractivity contribution in [1.82, 2.24) is 4.57 Å². The molecule has 3 rings (SSSR count). The van der Waals surface area contributed by atoms with Crippen molar-refractivity contribution in [1.29, 1.82) is 0 Å². The number of halogens is 1. The lowest BCUT2D eigenvalue weighted by atomic mass is 9.95. The smallest absolute Gasteiger partial charge is 0.283 e. The summed E-state index contributed by atoms with van der Waals surface area (Å²) < 4.78 is 13.3. The highest BCUT2D eigenvalue weighted by Gasteiger charge is 2.21. The van der Waals surface area contributed by atoms with Crippen LogP contribution in [0, 0.1) is 0 Å². The molecule has 0 aliphatic carbocycles. The molecule has 28 heavy (non-hydrogen) atoms.